The number of carbonyl (C=O) groups excluding carboxylic acids is 2. The van der Waals surface area contributed by atoms with E-state index in [1.54, 1.807) is 30.3 Å². The second-order valence-electron chi connectivity index (χ2n) is 4.40. The summed E-state index contributed by atoms with van der Waals surface area (Å²) in [6.45, 7) is -0.172. The lowest BCUT2D eigenvalue weighted by molar-refractivity contribution is -0.147. The molecule has 2 unspecified atom stereocenters. The zero-order chi connectivity index (χ0) is 15.6. The number of hydrogen-bond donors (Lipinski definition) is 0. The maximum Gasteiger partial charge on any atom is 0.411 e. The highest BCUT2D eigenvalue weighted by Gasteiger charge is 2.69. The highest BCUT2D eigenvalue weighted by atomic mass is 19.4. The Bertz CT molecular complexity index is 532. The second kappa shape index (κ2) is 5.63. The van der Waals surface area contributed by atoms with Gasteiger partial charge in [0, 0.05) is 0 Å². The van der Waals surface area contributed by atoms with E-state index < -0.39 is 30.3 Å². The van der Waals surface area contributed by atoms with Crippen LogP contribution in [0.15, 0.2) is 30.3 Å². The highest BCUT2D eigenvalue weighted by molar-refractivity contribution is 5.88. The summed E-state index contributed by atoms with van der Waals surface area (Å²) in [5.41, 5.74) is 0.630. The van der Waals surface area contributed by atoms with E-state index in [2.05, 4.69) is 4.74 Å². The summed E-state index contributed by atoms with van der Waals surface area (Å²) in [7, 11) is 0.960. The number of alkyl halides is 3. The van der Waals surface area contributed by atoms with Crippen LogP contribution in [-0.4, -0.2) is 42.3 Å². The van der Waals surface area contributed by atoms with E-state index in [0.29, 0.717) is 10.5 Å². The molecule has 1 heterocycles. The van der Waals surface area contributed by atoms with Crippen LogP contribution in [0.1, 0.15) is 5.56 Å². The number of amides is 1. The molecule has 0 aromatic heterocycles. The van der Waals surface area contributed by atoms with Crippen LogP contribution in [0.2, 0.25) is 0 Å². The predicted octanol–water partition coefficient (Wildman–Crippen LogP) is 2.11. The zero-order valence-electron chi connectivity index (χ0n) is 11.0. The molecule has 2 atom stereocenters. The van der Waals surface area contributed by atoms with Crippen molar-refractivity contribution in [3.8, 4) is 0 Å². The van der Waals surface area contributed by atoms with Gasteiger partial charge in [0.25, 0.3) is 0 Å². The fourth-order valence-corrected chi connectivity index (χ4v) is 1.95. The van der Waals surface area contributed by atoms with Crippen LogP contribution in [0.4, 0.5) is 18.0 Å². The smallest absolute Gasteiger partial charge is 0.411 e. The van der Waals surface area contributed by atoms with E-state index in [1.807, 2.05) is 0 Å². The van der Waals surface area contributed by atoms with Gasteiger partial charge in [-0.2, -0.15) is 13.2 Å². The van der Waals surface area contributed by atoms with Crippen molar-refractivity contribution in [1.82, 2.24) is 4.90 Å². The predicted molar refractivity (Wildman–Crippen MR) is 64.1 cm³/mol. The SMILES string of the molecule is COC(=O)C1C(C(F)(F)F)N1C(=O)OCc1ccccc1. The molecule has 5 nitrogen and oxygen atoms in total. The number of hydrogen-bond acceptors (Lipinski definition) is 4. The van der Waals surface area contributed by atoms with Gasteiger partial charge < -0.3 is 9.47 Å². The molecule has 1 aliphatic heterocycles. The lowest BCUT2D eigenvalue weighted by Gasteiger charge is -2.08. The van der Waals surface area contributed by atoms with E-state index >= 15 is 0 Å². The molecule has 1 aliphatic rings. The van der Waals surface area contributed by atoms with Crippen LogP contribution >= 0.6 is 0 Å². The Morgan fingerprint density at radius 3 is 2.38 bits per heavy atom. The largest absolute Gasteiger partial charge is 0.467 e. The van der Waals surface area contributed by atoms with Crippen LogP contribution in [0.25, 0.3) is 0 Å². The monoisotopic (exact) mass is 303 g/mol. The van der Waals surface area contributed by atoms with Gasteiger partial charge in [-0.3, -0.25) is 4.90 Å². The zero-order valence-corrected chi connectivity index (χ0v) is 11.0. The van der Waals surface area contributed by atoms with Gasteiger partial charge in [-0.05, 0) is 5.56 Å². The Hall–Kier alpha value is -2.25. The van der Waals surface area contributed by atoms with Crippen molar-refractivity contribution in [2.24, 2.45) is 0 Å². The molecule has 1 amide bonds. The number of halogens is 3. The van der Waals surface area contributed by atoms with E-state index in [1.165, 1.54) is 0 Å². The first-order valence-corrected chi connectivity index (χ1v) is 6.00. The first-order chi connectivity index (χ1) is 9.86. The minimum atomic E-state index is -4.70. The molecule has 0 spiro atoms. The van der Waals surface area contributed by atoms with Crippen molar-refractivity contribution < 1.29 is 32.2 Å². The average Bonchev–Trinajstić information content (AvgIpc) is 3.21. The first-order valence-electron chi connectivity index (χ1n) is 6.00. The van der Waals surface area contributed by atoms with E-state index in [-0.39, 0.29) is 6.61 Å². The summed E-state index contributed by atoms with van der Waals surface area (Å²) in [5.74, 6) is -1.12. The van der Waals surface area contributed by atoms with E-state index in [0.717, 1.165) is 7.11 Å². The van der Waals surface area contributed by atoms with Crippen molar-refractivity contribution in [1.29, 1.82) is 0 Å². The number of rotatable bonds is 3. The molecule has 2 rings (SSSR count). The van der Waals surface area contributed by atoms with Crippen molar-refractivity contribution in [3.63, 3.8) is 0 Å². The summed E-state index contributed by atoms with van der Waals surface area (Å²) in [6.07, 6.45) is -5.90. The quantitative estimate of drug-likeness (QED) is 0.634. The van der Waals surface area contributed by atoms with E-state index in [9.17, 15) is 22.8 Å². The number of methoxy groups -OCH3 is 1. The van der Waals surface area contributed by atoms with Gasteiger partial charge in [0.2, 0.25) is 0 Å². The standard InChI is InChI=1S/C13H12F3NO4/c1-20-11(18)9-10(13(14,15)16)17(9)12(19)21-7-8-5-3-2-4-6-8/h2-6,9-10H,7H2,1H3. The normalized spacial score (nSPS) is 20.9. The van der Waals surface area contributed by atoms with Gasteiger partial charge in [-0.25, -0.2) is 9.59 Å². The van der Waals surface area contributed by atoms with Crippen LogP contribution in [-0.2, 0) is 20.9 Å². The summed E-state index contributed by atoms with van der Waals surface area (Å²) in [6, 6.07) is 4.63. The lowest BCUT2D eigenvalue weighted by Crippen LogP contribution is -2.25. The molecule has 1 aromatic rings. The summed E-state index contributed by atoms with van der Waals surface area (Å²) >= 11 is 0. The van der Waals surface area contributed by atoms with Crippen molar-refractivity contribution in [3.05, 3.63) is 35.9 Å². The van der Waals surface area contributed by atoms with Crippen LogP contribution in [0.3, 0.4) is 0 Å². The van der Waals surface area contributed by atoms with Gasteiger partial charge >= 0.3 is 18.2 Å². The van der Waals surface area contributed by atoms with Crippen LogP contribution < -0.4 is 0 Å². The van der Waals surface area contributed by atoms with Crippen molar-refractivity contribution in [2.75, 3.05) is 7.11 Å². The Morgan fingerprint density at radius 2 is 1.86 bits per heavy atom. The molecule has 1 saturated heterocycles. The molecule has 1 aromatic carbocycles. The number of ether oxygens (including phenoxy) is 2. The molecular weight excluding hydrogens is 291 g/mol. The lowest BCUT2D eigenvalue weighted by atomic mass is 10.2. The molecule has 21 heavy (non-hydrogen) atoms. The van der Waals surface area contributed by atoms with E-state index in [4.69, 9.17) is 4.74 Å². The van der Waals surface area contributed by atoms with Crippen molar-refractivity contribution >= 4 is 12.1 Å². The molecule has 0 N–H and O–H groups in total. The second-order valence-corrected chi connectivity index (χ2v) is 4.40. The number of esters is 1. The molecule has 114 valence electrons. The highest BCUT2D eigenvalue weighted by Crippen LogP contribution is 2.42. The Kier molecular flexibility index (Phi) is 4.06. The molecule has 0 bridgehead atoms. The third-order valence-corrected chi connectivity index (χ3v) is 3.00. The molecule has 0 saturated carbocycles. The maximum absolute atomic E-state index is 12.7. The van der Waals surface area contributed by atoms with Crippen LogP contribution in [0.5, 0.6) is 0 Å². The third-order valence-electron chi connectivity index (χ3n) is 3.00. The number of nitrogens with zero attached hydrogens (tertiary/aromatic N) is 1. The Labute approximate surface area is 118 Å². The average molecular weight is 303 g/mol. The van der Waals surface area contributed by atoms with Gasteiger partial charge in [0.1, 0.15) is 6.61 Å². The molecule has 0 aliphatic carbocycles. The topological polar surface area (TPSA) is 55.6 Å². The summed E-state index contributed by atoms with van der Waals surface area (Å²) in [5, 5.41) is 0. The molecule has 1 fully saturated rings. The van der Waals surface area contributed by atoms with Gasteiger partial charge in [0.15, 0.2) is 12.1 Å². The van der Waals surface area contributed by atoms with Gasteiger partial charge in [-0.15, -0.1) is 0 Å². The van der Waals surface area contributed by atoms with Gasteiger partial charge in [0.05, 0.1) is 7.11 Å². The summed E-state index contributed by atoms with van der Waals surface area (Å²) in [4.78, 5) is 23.2. The number of benzene rings is 1. The minimum Gasteiger partial charge on any atom is -0.467 e. The Morgan fingerprint density at radius 1 is 1.24 bits per heavy atom. The third kappa shape index (κ3) is 3.26. The molecule has 8 heteroatoms. The fourth-order valence-electron chi connectivity index (χ4n) is 1.95. The van der Waals surface area contributed by atoms with Gasteiger partial charge in [-0.1, -0.05) is 30.3 Å². The van der Waals surface area contributed by atoms with Crippen LogP contribution in [0, 0.1) is 0 Å². The fraction of sp³-hybridized carbons (Fsp3) is 0.385. The molecule has 0 radical (unpaired) electrons. The van der Waals surface area contributed by atoms with Crippen molar-refractivity contribution in [2.45, 2.75) is 24.9 Å². The molecular formula is C13H12F3NO4. The Balaban J connectivity index is 1.99. The maximum atomic E-state index is 12.7. The minimum absolute atomic E-state index is 0.172. The first kappa shape index (κ1) is 15.1. The number of carbonyl (C=O) groups is 2. The summed E-state index contributed by atoms with van der Waals surface area (Å²) < 4.78 is 47.1.